The van der Waals surface area contributed by atoms with E-state index >= 15 is 0 Å². The third-order valence-corrected chi connectivity index (χ3v) is 3.47. The van der Waals surface area contributed by atoms with Crippen LogP contribution in [-0.2, 0) is 0 Å². The van der Waals surface area contributed by atoms with E-state index < -0.39 is 0 Å². The molecule has 0 aromatic heterocycles. The van der Waals surface area contributed by atoms with Gasteiger partial charge in [0.2, 0.25) is 0 Å². The lowest BCUT2D eigenvalue weighted by Crippen LogP contribution is -2.18. The van der Waals surface area contributed by atoms with Crippen LogP contribution in [0.4, 0.5) is 0 Å². The van der Waals surface area contributed by atoms with E-state index in [4.69, 9.17) is 17.3 Å². The predicted octanol–water partition coefficient (Wildman–Crippen LogP) is 4.14. The molecule has 17 heavy (non-hydrogen) atoms. The van der Waals surface area contributed by atoms with E-state index in [1.165, 1.54) is 5.56 Å². The van der Waals surface area contributed by atoms with Crippen molar-refractivity contribution in [3.63, 3.8) is 0 Å². The van der Waals surface area contributed by atoms with Crippen molar-refractivity contribution in [3.05, 3.63) is 70.7 Å². The third-order valence-electron chi connectivity index (χ3n) is 3.13. The van der Waals surface area contributed by atoms with Gasteiger partial charge in [0.25, 0.3) is 0 Å². The van der Waals surface area contributed by atoms with E-state index in [0.717, 1.165) is 10.6 Å². The first-order valence-corrected chi connectivity index (χ1v) is 6.13. The van der Waals surface area contributed by atoms with Crippen LogP contribution in [0.3, 0.4) is 0 Å². The first-order chi connectivity index (χ1) is 8.20. The minimum atomic E-state index is -0.0777. The highest BCUT2D eigenvalue weighted by Gasteiger charge is 2.18. The van der Waals surface area contributed by atoms with Gasteiger partial charge in [0.15, 0.2) is 0 Å². The maximum absolute atomic E-state index is 6.29. The molecule has 0 amide bonds. The SMILES string of the molecule is CC(c1ccccc1)C(N)c1ccccc1Cl. The molecule has 0 heterocycles. The molecule has 2 rings (SSSR count). The second-order valence-corrected chi connectivity index (χ2v) is 4.65. The monoisotopic (exact) mass is 245 g/mol. The molecule has 0 aliphatic heterocycles. The Morgan fingerprint density at radius 2 is 1.53 bits per heavy atom. The van der Waals surface area contributed by atoms with Crippen LogP contribution < -0.4 is 5.73 Å². The van der Waals surface area contributed by atoms with Crippen LogP contribution in [0.1, 0.15) is 30.0 Å². The molecular formula is C15H16ClN. The molecule has 0 fully saturated rings. The van der Waals surface area contributed by atoms with Crippen molar-refractivity contribution in [1.29, 1.82) is 0 Å². The Morgan fingerprint density at radius 3 is 2.18 bits per heavy atom. The number of nitrogens with two attached hydrogens (primary N) is 1. The van der Waals surface area contributed by atoms with Crippen molar-refractivity contribution in [2.24, 2.45) is 5.73 Å². The summed E-state index contributed by atoms with van der Waals surface area (Å²) >= 11 is 6.17. The molecular weight excluding hydrogens is 230 g/mol. The molecule has 2 aromatic carbocycles. The summed E-state index contributed by atoms with van der Waals surface area (Å²) in [5, 5.41) is 0.739. The van der Waals surface area contributed by atoms with E-state index in [-0.39, 0.29) is 12.0 Å². The van der Waals surface area contributed by atoms with E-state index in [1.54, 1.807) is 0 Å². The summed E-state index contributed by atoms with van der Waals surface area (Å²) < 4.78 is 0. The summed E-state index contributed by atoms with van der Waals surface area (Å²) in [7, 11) is 0. The van der Waals surface area contributed by atoms with Gasteiger partial charge in [-0.1, -0.05) is 67.1 Å². The average Bonchev–Trinajstić information content (AvgIpc) is 2.39. The Kier molecular flexibility index (Phi) is 3.82. The number of halogens is 1. The molecule has 2 unspecified atom stereocenters. The molecule has 2 atom stereocenters. The molecule has 0 radical (unpaired) electrons. The van der Waals surface area contributed by atoms with Crippen molar-refractivity contribution < 1.29 is 0 Å². The number of rotatable bonds is 3. The molecule has 0 saturated carbocycles. The van der Waals surface area contributed by atoms with Crippen LogP contribution >= 0.6 is 11.6 Å². The molecule has 2 heteroatoms. The van der Waals surface area contributed by atoms with E-state index in [1.807, 2.05) is 42.5 Å². The fraction of sp³-hybridized carbons (Fsp3) is 0.200. The molecule has 1 nitrogen and oxygen atoms in total. The van der Waals surface area contributed by atoms with Crippen molar-refractivity contribution in [3.8, 4) is 0 Å². The Hall–Kier alpha value is -1.31. The summed E-state index contributed by atoms with van der Waals surface area (Å²) in [5.41, 5.74) is 8.53. The Bertz CT molecular complexity index is 481. The van der Waals surface area contributed by atoms with E-state index in [0.29, 0.717) is 0 Å². The van der Waals surface area contributed by atoms with Crippen LogP contribution in [-0.4, -0.2) is 0 Å². The summed E-state index contributed by atoms with van der Waals surface area (Å²) in [6, 6.07) is 18.0. The average molecular weight is 246 g/mol. The summed E-state index contributed by atoms with van der Waals surface area (Å²) in [5.74, 6) is 0.246. The zero-order valence-electron chi connectivity index (χ0n) is 9.81. The second-order valence-electron chi connectivity index (χ2n) is 4.25. The first-order valence-electron chi connectivity index (χ1n) is 5.75. The fourth-order valence-electron chi connectivity index (χ4n) is 1.98. The summed E-state index contributed by atoms with van der Waals surface area (Å²) in [4.78, 5) is 0. The van der Waals surface area contributed by atoms with Crippen LogP contribution in [0.15, 0.2) is 54.6 Å². The fourth-order valence-corrected chi connectivity index (χ4v) is 2.24. The van der Waals surface area contributed by atoms with E-state index in [9.17, 15) is 0 Å². The van der Waals surface area contributed by atoms with Crippen molar-refractivity contribution in [2.75, 3.05) is 0 Å². The van der Waals surface area contributed by atoms with Gasteiger partial charge in [0.1, 0.15) is 0 Å². The maximum Gasteiger partial charge on any atom is 0.0453 e. The van der Waals surface area contributed by atoms with Gasteiger partial charge in [0, 0.05) is 17.0 Å². The standard InChI is InChI=1S/C15H16ClN/c1-11(12-7-3-2-4-8-12)15(17)13-9-5-6-10-14(13)16/h2-11,15H,17H2,1H3. The smallest absolute Gasteiger partial charge is 0.0453 e. The zero-order chi connectivity index (χ0) is 12.3. The van der Waals surface area contributed by atoms with Gasteiger partial charge in [-0.15, -0.1) is 0 Å². The second kappa shape index (κ2) is 5.35. The van der Waals surface area contributed by atoms with Crippen LogP contribution in [0.25, 0.3) is 0 Å². The third kappa shape index (κ3) is 2.68. The van der Waals surface area contributed by atoms with Gasteiger partial charge in [0.05, 0.1) is 0 Å². The van der Waals surface area contributed by atoms with Crippen molar-refractivity contribution >= 4 is 11.6 Å². The highest BCUT2D eigenvalue weighted by atomic mass is 35.5. The first kappa shape index (κ1) is 12.2. The quantitative estimate of drug-likeness (QED) is 0.864. The highest BCUT2D eigenvalue weighted by Crippen LogP contribution is 2.32. The van der Waals surface area contributed by atoms with Crippen LogP contribution in [0, 0.1) is 0 Å². The molecule has 0 aliphatic carbocycles. The van der Waals surface area contributed by atoms with E-state index in [2.05, 4.69) is 19.1 Å². The number of hydrogen-bond acceptors (Lipinski definition) is 1. The Labute approximate surface area is 107 Å². The Balaban J connectivity index is 2.27. The number of benzene rings is 2. The highest BCUT2D eigenvalue weighted by molar-refractivity contribution is 6.31. The summed E-state index contributed by atoms with van der Waals surface area (Å²) in [6.45, 7) is 2.13. The number of hydrogen-bond donors (Lipinski definition) is 1. The van der Waals surface area contributed by atoms with Gasteiger partial charge in [-0.05, 0) is 17.2 Å². The lowest BCUT2D eigenvalue weighted by Gasteiger charge is -2.21. The van der Waals surface area contributed by atoms with Gasteiger partial charge in [-0.3, -0.25) is 0 Å². The zero-order valence-corrected chi connectivity index (χ0v) is 10.6. The minimum absolute atomic E-state index is 0.0777. The lowest BCUT2D eigenvalue weighted by molar-refractivity contribution is 0.598. The molecule has 2 N–H and O–H groups in total. The van der Waals surface area contributed by atoms with Crippen molar-refractivity contribution in [2.45, 2.75) is 18.9 Å². The van der Waals surface area contributed by atoms with Crippen LogP contribution in [0.5, 0.6) is 0 Å². The van der Waals surface area contributed by atoms with Gasteiger partial charge >= 0.3 is 0 Å². The molecule has 2 aromatic rings. The largest absolute Gasteiger partial charge is 0.323 e. The van der Waals surface area contributed by atoms with Crippen LogP contribution in [0.2, 0.25) is 5.02 Å². The van der Waals surface area contributed by atoms with Gasteiger partial charge < -0.3 is 5.73 Å². The normalized spacial score (nSPS) is 14.3. The Morgan fingerprint density at radius 1 is 0.941 bits per heavy atom. The minimum Gasteiger partial charge on any atom is -0.323 e. The molecule has 0 bridgehead atoms. The molecule has 88 valence electrons. The molecule has 0 aliphatic rings. The maximum atomic E-state index is 6.29. The van der Waals surface area contributed by atoms with Crippen molar-refractivity contribution in [1.82, 2.24) is 0 Å². The predicted molar refractivity (Wildman–Crippen MR) is 73.2 cm³/mol. The van der Waals surface area contributed by atoms with Gasteiger partial charge in [-0.2, -0.15) is 0 Å². The lowest BCUT2D eigenvalue weighted by atomic mass is 9.89. The molecule has 0 spiro atoms. The van der Waals surface area contributed by atoms with Gasteiger partial charge in [-0.25, -0.2) is 0 Å². The summed E-state index contributed by atoms with van der Waals surface area (Å²) in [6.07, 6.45) is 0. The molecule has 0 saturated heterocycles. The topological polar surface area (TPSA) is 26.0 Å².